The normalized spacial score (nSPS) is 55.3. The number of aliphatic hydroxyl groups excluding tert-OH is 1. The van der Waals surface area contributed by atoms with Gasteiger partial charge in [0.1, 0.15) is 0 Å². The van der Waals surface area contributed by atoms with Crippen molar-refractivity contribution in [3.63, 3.8) is 0 Å². The average molecular weight is 457 g/mol. The molecule has 0 aromatic rings. The first-order valence-corrected chi connectivity index (χ1v) is 13.8. The minimum atomic E-state index is -1.03. The Bertz CT molecular complexity index is 889. The monoisotopic (exact) mass is 456 g/mol. The molecule has 0 aromatic heterocycles. The molecule has 0 aromatic carbocycles. The second kappa shape index (κ2) is 6.89. The van der Waals surface area contributed by atoms with Crippen LogP contribution in [0.5, 0.6) is 0 Å². The number of rotatable bonds is 1. The fourth-order valence-electron chi connectivity index (χ4n) is 10.5. The maximum absolute atomic E-state index is 12.5. The zero-order valence-corrected chi connectivity index (χ0v) is 22.3. The van der Waals surface area contributed by atoms with Gasteiger partial charge in [0.2, 0.25) is 0 Å². The molecule has 186 valence electrons. The van der Waals surface area contributed by atoms with Crippen LogP contribution < -0.4 is 0 Å². The van der Waals surface area contributed by atoms with Crippen LogP contribution in [0.3, 0.4) is 0 Å². The molecule has 5 aliphatic rings. The summed E-state index contributed by atoms with van der Waals surface area (Å²) in [6.45, 7) is 16.9. The third-order valence-electron chi connectivity index (χ3n) is 13.2. The van der Waals surface area contributed by atoms with Crippen molar-refractivity contribution in [3.05, 3.63) is 11.6 Å². The van der Waals surface area contributed by atoms with Crippen LogP contribution in [0.2, 0.25) is 0 Å². The molecule has 33 heavy (non-hydrogen) atoms. The number of carbonyl (C=O) groups is 1. The largest absolute Gasteiger partial charge is 0.481 e. The van der Waals surface area contributed by atoms with Gasteiger partial charge < -0.3 is 10.2 Å². The molecule has 0 unspecified atom stereocenters. The SMILES string of the molecule is CC1(C)CC[C@]2(C)CC[C@]3(C)C(=CC[C@@H]4[C@]5(C)CC[C@H](O)[C@](C)(C(=O)O)[C@@H]5CC[C@]43C)[C@@H]2C1. The molecule has 9 atom stereocenters. The molecule has 5 rings (SSSR count). The highest BCUT2D eigenvalue weighted by molar-refractivity contribution is 5.76. The number of fused-ring (bicyclic) bond motifs is 7. The van der Waals surface area contributed by atoms with E-state index in [2.05, 4.69) is 47.6 Å². The van der Waals surface area contributed by atoms with E-state index in [1.54, 1.807) is 5.57 Å². The topological polar surface area (TPSA) is 57.5 Å². The summed E-state index contributed by atoms with van der Waals surface area (Å²) in [5, 5.41) is 21.1. The van der Waals surface area contributed by atoms with Gasteiger partial charge in [-0.1, -0.05) is 53.2 Å². The predicted octanol–water partition coefficient (Wildman–Crippen LogP) is 7.23. The maximum Gasteiger partial charge on any atom is 0.312 e. The van der Waals surface area contributed by atoms with Crippen LogP contribution in [-0.2, 0) is 4.79 Å². The standard InChI is InChI=1S/C30H48O3/c1-25(2)14-15-26(3)16-17-28(5)19(20(26)18-25)8-9-21-27(4)12-11-23(31)30(7,24(32)33)22(27)10-13-29(21,28)6/h8,20-23,31H,9-18H2,1-7H3,(H,32,33)/t20-,21+,22+,23-,26+,27-,28+,29+,30+/m0/s1. The molecule has 0 heterocycles. The summed E-state index contributed by atoms with van der Waals surface area (Å²) < 4.78 is 0. The van der Waals surface area contributed by atoms with Crippen molar-refractivity contribution >= 4 is 5.97 Å². The Balaban J connectivity index is 1.58. The quantitative estimate of drug-likeness (QED) is 0.409. The van der Waals surface area contributed by atoms with Crippen molar-refractivity contribution in [1.82, 2.24) is 0 Å². The molecule has 3 nitrogen and oxygen atoms in total. The van der Waals surface area contributed by atoms with Crippen LogP contribution in [0.15, 0.2) is 11.6 Å². The van der Waals surface area contributed by atoms with E-state index in [-0.39, 0.29) is 22.2 Å². The van der Waals surface area contributed by atoms with Crippen molar-refractivity contribution < 1.29 is 15.0 Å². The van der Waals surface area contributed by atoms with Gasteiger partial charge in [0.25, 0.3) is 0 Å². The van der Waals surface area contributed by atoms with E-state index in [1.165, 1.54) is 32.1 Å². The summed E-state index contributed by atoms with van der Waals surface area (Å²) in [5.74, 6) is 0.432. The number of allylic oxidation sites excluding steroid dienone is 2. The molecule has 0 spiro atoms. The first kappa shape index (κ1) is 23.9. The van der Waals surface area contributed by atoms with Crippen molar-refractivity contribution in [1.29, 1.82) is 0 Å². The average Bonchev–Trinajstić information content (AvgIpc) is 2.72. The van der Waals surface area contributed by atoms with E-state index in [1.807, 2.05) is 6.92 Å². The van der Waals surface area contributed by atoms with E-state index in [0.717, 1.165) is 25.7 Å². The smallest absolute Gasteiger partial charge is 0.312 e. The molecule has 0 aliphatic heterocycles. The van der Waals surface area contributed by atoms with Gasteiger partial charge in [0.15, 0.2) is 0 Å². The van der Waals surface area contributed by atoms with Gasteiger partial charge in [-0.2, -0.15) is 0 Å². The summed E-state index contributed by atoms with van der Waals surface area (Å²) >= 11 is 0. The molecule has 5 aliphatic carbocycles. The molecule has 0 saturated heterocycles. The highest BCUT2D eigenvalue weighted by atomic mass is 16.4. The Labute approximate surface area is 201 Å². The molecule has 4 fully saturated rings. The maximum atomic E-state index is 12.5. The van der Waals surface area contributed by atoms with Crippen LogP contribution in [-0.4, -0.2) is 22.3 Å². The summed E-state index contributed by atoms with van der Waals surface area (Å²) in [7, 11) is 0. The van der Waals surface area contributed by atoms with Crippen molar-refractivity contribution in [2.45, 2.75) is 119 Å². The van der Waals surface area contributed by atoms with Crippen LogP contribution >= 0.6 is 0 Å². The van der Waals surface area contributed by atoms with Gasteiger partial charge in [0.05, 0.1) is 11.5 Å². The molecule has 0 amide bonds. The molecule has 3 heteroatoms. The lowest BCUT2D eigenvalue weighted by Crippen LogP contribution is -2.66. The van der Waals surface area contributed by atoms with E-state index >= 15 is 0 Å². The van der Waals surface area contributed by atoms with Crippen molar-refractivity contribution in [2.24, 2.45) is 50.2 Å². The van der Waals surface area contributed by atoms with Crippen LogP contribution in [0.4, 0.5) is 0 Å². The summed E-state index contributed by atoms with van der Waals surface area (Å²) in [4.78, 5) is 12.5. The Hall–Kier alpha value is -0.830. The number of hydrogen-bond donors (Lipinski definition) is 2. The van der Waals surface area contributed by atoms with E-state index in [4.69, 9.17) is 0 Å². The molecule has 0 radical (unpaired) electrons. The number of hydrogen-bond acceptors (Lipinski definition) is 2. The predicted molar refractivity (Wildman–Crippen MR) is 133 cm³/mol. The van der Waals surface area contributed by atoms with Gasteiger partial charge in [-0.05, 0) is 116 Å². The third-order valence-corrected chi connectivity index (χ3v) is 13.2. The number of aliphatic hydroxyl groups is 1. The molecule has 2 N–H and O–H groups in total. The molecule has 0 bridgehead atoms. The van der Waals surface area contributed by atoms with Gasteiger partial charge >= 0.3 is 5.97 Å². The first-order chi connectivity index (χ1) is 15.1. The van der Waals surface area contributed by atoms with Crippen LogP contribution in [0, 0.1) is 50.2 Å². The lowest BCUT2D eigenvalue weighted by Gasteiger charge is -2.71. The second-order valence-corrected chi connectivity index (χ2v) is 15.0. The van der Waals surface area contributed by atoms with Crippen molar-refractivity contribution in [2.75, 3.05) is 0 Å². The summed E-state index contributed by atoms with van der Waals surface area (Å²) in [5.41, 5.74) is 1.98. The van der Waals surface area contributed by atoms with Gasteiger partial charge in [-0.3, -0.25) is 4.79 Å². The number of carboxylic acid groups (broad SMARTS) is 1. The molecular formula is C30H48O3. The number of carboxylic acids is 1. The Morgan fingerprint density at radius 3 is 2.21 bits per heavy atom. The lowest BCUT2D eigenvalue weighted by atomic mass is 9.33. The highest BCUT2D eigenvalue weighted by Crippen LogP contribution is 2.75. The second-order valence-electron chi connectivity index (χ2n) is 15.0. The van der Waals surface area contributed by atoms with Gasteiger partial charge in [0, 0.05) is 0 Å². The summed E-state index contributed by atoms with van der Waals surface area (Å²) in [6, 6.07) is 0. The van der Waals surface area contributed by atoms with E-state index in [9.17, 15) is 15.0 Å². The number of aliphatic carboxylic acids is 1. The zero-order valence-electron chi connectivity index (χ0n) is 22.3. The third kappa shape index (κ3) is 2.87. The van der Waals surface area contributed by atoms with E-state index in [0.29, 0.717) is 29.1 Å². The van der Waals surface area contributed by atoms with Crippen LogP contribution in [0.25, 0.3) is 0 Å². The van der Waals surface area contributed by atoms with Crippen molar-refractivity contribution in [3.8, 4) is 0 Å². The minimum Gasteiger partial charge on any atom is -0.481 e. The Morgan fingerprint density at radius 2 is 1.55 bits per heavy atom. The minimum absolute atomic E-state index is 0.0308. The fourth-order valence-corrected chi connectivity index (χ4v) is 10.5. The summed E-state index contributed by atoms with van der Waals surface area (Å²) in [6.07, 6.45) is 13.2. The van der Waals surface area contributed by atoms with Gasteiger partial charge in [-0.25, -0.2) is 0 Å². The lowest BCUT2D eigenvalue weighted by molar-refractivity contribution is -0.216. The Kier molecular flexibility index (Phi) is 4.99. The molecular weight excluding hydrogens is 408 g/mol. The molecule has 4 saturated carbocycles. The fraction of sp³-hybridized carbons (Fsp3) is 0.900. The van der Waals surface area contributed by atoms with E-state index < -0.39 is 17.5 Å². The Morgan fingerprint density at radius 1 is 0.879 bits per heavy atom. The first-order valence-electron chi connectivity index (χ1n) is 13.8. The highest BCUT2D eigenvalue weighted by Gasteiger charge is 2.69. The zero-order chi connectivity index (χ0) is 24.2. The van der Waals surface area contributed by atoms with Gasteiger partial charge in [-0.15, -0.1) is 0 Å². The van der Waals surface area contributed by atoms with Crippen LogP contribution in [0.1, 0.15) is 113 Å².